The van der Waals surface area contributed by atoms with E-state index in [-0.39, 0.29) is 0 Å². The quantitative estimate of drug-likeness (QED) is 0.648. The van der Waals surface area contributed by atoms with Crippen LogP contribution < -0.4 is 11.3 Å². The first-order chi connectivity index (χ1) is 9.00. The average Bonchev–Trinajstić information content (AvgIpc) is 2.36. The van der Waals surface area contributed by atoms with Gasteiger partial charge in [0.05, 0.1) is 0 Å². The Morgan fingerprint density at radius 2 is 2.05 bits per heavy atom. The summed E-state index contributed by atoms with van der Waals surface area (Å²) >= 11 is 6.04. The first kappa shape index (κ1) is 14.8. The zero-order valence-electron chi connectivity index (χ0n) is 12.0. The fraction of sp³-hybridized carbons (Fsp3) is 0.625. The summed E-state index contributed by atoms with van der Waals surface area (Å²) in [6.07, 6.45) is 6.09. The van der Waals surface area contributed by atoms with Crippen LogP contribution in [-0.4, -0.2) is 6.04 Å². The topological polar surface area (TPSA) is 38.0 Å². The van der Waals surface area contributed by atoms with Crippen molar-refractivity contribution >= 4 is 11.6 Å². The summed E-state index contributed by atoms with van der Waals surface area (Å²) in [7, 11) is 0. The Labute approximate surface area is 121 Å². The molecule has 0 spiro atoms. The van der Waals surface area contributed by atoms with E-state index < -0.39 is 0 Å². The van der Waals surface area contributed by atoms with Gasteiger partial charge in [-0.1, -0.05) is 37.6 Å². The van der Waals surface area contributed by atoms with Crippen LogP contribution in [-0.2, 0) is 6.42 Å². The second-order valence-electron chi connectivity index (χ2n) is 6.61. The standard InChI is InChI=1S/C16H25ClN2/c1-16(2)8-6-13(7-9-16)15(19-18)11-12-4-3-5-14(17)10-12/h3-5,10,13,15,19H,6-9,11,18H2,1-2H3. The van der Waals surface area contributed by atoms with Crippen molar-refractivity contribution in [3.05, 3.63) is 34.9 Å². The lowest BCUT2D eigenvalue weighted by molar-refractivity contribution is 0.161. The van der Waals surface area contributed by atoms with E-state index in [1.54, 1.807) is 0 Å². The zero-order chi connectivity index (χ0) is 13.9. The maximum atomic E-state index is 6.04. The third-order valence-electron chi connectivity index (χ3n) is 4.51. The molecule has 0 aliphatic heterocycles. The molecule has 0 amide bonds. The molecular weight excluding hydrogens is 256 g/mol. The fourth-order valence-corrected chi connectivity index (χ4v) is 3.32. The van der Waals surface area contributed by atoms with Gasteiger partial charge in [0.1, 0.15) is 0 Å². The van der Waals surface area contributed by atoms with Crippen LogP contribution in [0.25, 0.3) is 0 Å². The Bertz CT molecular complexity index is 407. The van der Waals surface area contributed by atoms with E-state index in [2.05, 4.69) is 25.3 Å². The van der Waals surface area contributed by atoms with Crippen LogP contribution in [0.4, 0.5) is 0 Å². The van der Waals surface area contributed by atoms with Crippen LogP contribution in [0.1, 0.15) is 45.1 Å². The molecule has 1 saturated carbocycles. The Morgan fingerprint density at radius 1 is 1.37 bits per heavy atom. The summed E-state index contributed by atoms with van der Waals surface area (Å²) in [4.78, 5) is 0. The highest BCUT2D eigenvalue weighted by atomic mass is 35.5. The lowest BCUT2D eigenvalue weighted by Crippen LogP contribution is -2.44. The van der Waals surface area contributed by atoms with Gasteiger partial charge in [-0.15, -0.1) is 0 Å². The van der Waals surface area contributed by atoms with Crippen molar-refractivity contribution in [2.45, 2.75) is 52.0 Å². The van der Waals surface area contributed by atoms with Gasteiger partial charge >= 0.3 is 0 Å². The Balaban J connectivity index is 1.97. The molecule has 1 aliphatic carbocycles. The van der Waals surface area contributed by atoms with Gasteiger partial charge in [0.2, 0.25) is 0 Å². The molecule has 1 unspecified atom stereocenters. The van der Waals surface area contributed by atoms with Crippen molar-refractivity contribution in [2.75, 3.05) is 0 Å². The summed E-state index contributed by atoms with van der Waals surface area (Å²) in [5.41, 5.74) is 4.79. The second-order valence-corrected chi connectivity index (χ2v) is 7.05. The van der Waals surface area contributed by atoms with E-state index in [0.29, 0.717) is 17.4 Å². The minimum atomic E-state index is 0.356. The van der Waals surface area contributed by atoms with Crippen LogP contribution in [0.5, 0.6) is 0 Å². The molecule has 0 aromatic heterocycles. The maximum absolute atomic E-state index is 6.04. The first-order valence-electron chi connectivity index (χ1n) is 7.21. The Kier molecular flexibility index (Phi) is 4.88. The number of rotatable bonds is 4. The van der Waals surface area contributed by atoms with Gasteiger partial charge in [-0.3, -0.25) is 11.3 Å². The average molecular weight is 281 g/mol. The number of hydrogen-bond donors (Lipinski definition) is 2. The van der Waals surface area contributed by atoms with Crippen molar-refractivity contribution in [1.82, 2.24) is 5.43 Å². The molecule has 3 N–H and O–H groups in total. The monoisotopic (exact) mass is 280 g/mol. The number of hydrazine groups is 1. The van der Waals surface area contributed by atoms with Gasteiger partial charge in [-0.25, -0.2) is 0 Å². The van der Waals surface area contributed by atoms with Crippen LogP contribution in [0.3, 0.4) is 0 Å². The van der Waals surface area contributed by atoms with Crippen molar-refractivity contribution in [3.63, 3.8) is 0 Å². The molecule has 19 heavy (non-hydrogen) atoms. The SMILES string of the molecule is CC1(C)CCC(C(Cc2cccc(Cl)c2)NN)CC1. The van der Waals surface area contributed by atoms with E-state index in [0.717, 1.165) is 11.4 Å². The van der Waals surface area contributed by atoms with Crippen molar-refractivity contribution in [1.29, 1.82) is 0 Å². The predicted octanol–water partition coefficient (Wildman–Crippen LogP) is 3.93. The van der Waals surface area contributed by atoms with E-state index in [9.17, 15) is 0 Å². The molecular formula is C16H25ClN2. The zero-order valence-corrected chi connectivity index (χ0v) is 12.7. The predicted molar refractivity (Wildman–Crippen MR) is 82.0 cm³/mol. The van der Waals surface area contributed by atoms with Crippen LogP contribution in [0, 0.1) is 11.3 Å². The summed E-state index contributed by atoms with van der Waals surface area (Å²) < 4.78 is 0. The number of nitrogens with one attached hydrogen (secondary N) is 1. The van der Waals surface area contributed by atoms with E-state index in [4.69, 9.17) is 17.4 Å². The fourth-order valence-electron chi connectivity index (χ4n) is 3.10. The molecule has 2 nitrogen and oxygen atoms in total. The number of halogens is 1. The van der Waals surface area contributed by atoms with Crippen molar-refractivity contribution in [3.8, 4) is 0 Å². The molecule has 2 rings (SSSR count). The summed E-state index contributed by atoms with van der Waals surface area (Å²) in [5.74, 6) is 6.45. The van der Waals surface area contributed by atoms with Gasteiger partial charge < -0.3 is 0 Å². The van der Waals surface area contributed by atoms with Crippen LogP contribution in [0.15, 0.2) is 24.3 Å². The lowest BCUT2D eigenvalue weighted by Gasteiger charge is -2.37. The molecule has 0 bridgehead atoms. The van der Waals surface area contributed by atoms with Gasteiger partial charge in [-0.05, 0) is 61.1 Å². The van der Waals surface area contributed by atoms with Gasteiger partial charge in [0, 0.05) is 11.1 Å². The molecule has 1 atom stereocenters. The number of nitrogens with two attached hydrogens (primary N) is 1. The molecule has 106 valence electrons. The molecule has 0 heterocycles. The number of hydrogen-bond acceptors (Lipinski definition) is 2. The minimum Gasteiger partial charge on any atom is -0.271 e. The molecule has 0 saturated heterocycles. The largest absolute Gasteiger partial charge is 0.271 e. The highest BCUT2D eigenvalue weighted by Crippen LogP contribution is 2.39. The molecule has 0 radical (unpaired) electrons. The molecule has 1 aromatic carbocycles. The maximum Gasteiger partial charge on any atom is 0.0408 e. The van der Waals surface area contributed by atoms with Crippen molar-refractivity contribution in [2.24, 2.45) is 17.2 Å². The smallest absolute Gasteiger partial charge is 0.0408 e. The molecule has 1 aliphatic rings. The lowest BCUT2D eigenvalue weighted by atomic mass is 9.70. The highest BCUT2D eigenvalue weighted by molar-refractivity contribution is 6.30. The van der Waals surface area contributed by atoms with Crippen LogP contribution in [0.2, 0.25) is 5.02 Å². The van der Waals surface area contributed by atoms with Gasteiger partial charge in [0.25, 0.3) is 0 Å². The molecule has 3 heteroatoms. The Morgan fingerprint density at radius 3 is 2.63 bits per heavy atom. The molecule has 1 aromatic rings. The summed E-state index contributed by atoms with van der Waals surface area (Å²) in [5, 5.41) is 0.804. The third kappa shape index (κ3) is 4.20. The number of benzene rings is 1. The van der Waals surface area contributed by atoms with E-state index in [1.807, 2.05) is 18.2 Å². The van der Waals surface area contributed by atoms with Gasteiger partial charge in [-0.2, -0.15) is 0 Å². The molecule has 1 fully saturated rings. The van der Waals surface area contributed by atoms with E-state index >= 15 is 0 Å². The first-order valence-corrected chi connectivity index (χ1v) is 7.58. The Hall–Kier alpha value is -0.570. The summed E-state index contributed by atoms with van der Waals surface area (Å²) in [6.45, 7) is 4.73. The van der Waals surface area contributed by atoms with Crippen LogP contribution >= 0.6 is 11.6 Å². The normalized spacial score (nSPS) is 21.3. The third-order valence-corrected chi connectivity index (χ3v) is 4.75. The second kappa shape index (κ2) is 6.25. The summed E-state index contributed by atoms with van der Waals surface area (Å²) in [6, 6.07) is 8.45. The van der Waals surface area contributed by atoms with E-state index in [1.165, 1.54) is 31.2 Å². The minimum absolute atomic E-state index is 0.356. The van der Waals surface area contributed by atoms with Crippen molar-refractivity contribution < 1.29 is 0 Å². The van der Waals surface area contributed by atoms with Gasteiger partial charge in [0.15, 0.2) is 0 Å². The highest BCUT2D eigenvalue weighted by Gasteiger charge is 2.30.